The minimum absolute atomic E-state index is 0.159. The SMILES string of the molecule is CC1=C(C(=O)OCc2ccccc2)C(c2cccc(OCc3ccccc3C)c2)n2nc(SCc3ccccc3Cl)nc2N1. The summed E-state index contributed by atoms with van der Waals surface area (Å²) in [5, 5.41) is 9.40. The minimum Gasteiger partial charge on any atom is -0.489 e. The molecule has 0 spiro atoms. The van der Waals surface area contributed by atoms with E-state index >= 15 is 0 Å². The Hall–Kier alpha value is -4.53. The van der Waals surface area contributed by atoms with Gasteiger partial charge < -0.3 is 14.8 Å². The summed E-state index contributed by atoms with van der Waals surface area (Å²) in [6.45, 7) is 4.52. The molecule has 44 heavy (non-hydrogen) atoms. The van der Waals surface area contributed by atoms with Gasteiger partial charge in [-0.1, -0.05) is 108 Å². The number of esters is 1. The van der Waals surface area contributed by atoms with Crippen LogP contribution in [0.2, 0.25) is 5.02 Å². The Bertz CT molecular complexity index is 1820. The Kier molecular flexibility index (Phi) is 9.00. The van der Waals surface area contributed by atoms with Crippen LogP contribution in [-0.2, 0) is 28.5 Å². The lowest BCUT2D eigenvalue weighted by Crippen LogP contribution is -2.29. The van der Waals surface area contributed by atoms with Gasteiger partial charge in [-0.2, -0.15) is 4.98 Å². The third-order valence-corrected chi connectivity index (χ3v) is 8.67. The third kappa shape index (κ3) is 6.67. The van der Waals surface area contributed by atoms with E-state index in [1.54, 1.807) is 4.68 Å². The topological polar surface area (TPSA) is 78.3 Å². The van der Waals surface area contributed by atoms with E-state index in [2.05, 4.69) is 24.4 Å². The van der Waals surface area contributed by atoms with Crippen LogP contribution in [-0.4, -0.2) is 20.7 Å². The highest BCUT2D eigenvalue weighted by molar-refractivity contribution is 7.98. The molecule has 0 radical (unpaired) electrons. The summed E-state index contributed by atoms with van der Waals surface area (Å²) in [5.41, 5.74) is 6.12. The standard InChI is InChI=1S/C35H31ClN4O3S/c1-23-11-6-7-14-27(23)21-42-29-17-10-16-26(19-29)32-31(33(41)43-20-25-12-4-3-5-13-25)24(2)37-34-38-35(39-40(32)34)44-22-28-15-8-9-18-30(28)36/h3-19,32H,20-22H2,1-2H3,(H,37,38,39). The number of thioether (sulfide) groups is 1. The number of nitrogens with one attached hydrogen (secondary N) is 1. The molecule has 0 saturated carbocycles. The summed E-state index contributed by atoms with van der Waals surface area (Å²) in [5.74, 6) is 1.41. The van der Waals surface area contributed by atoms with E-state index in [0.717, 1.165) is 27.8 Å². The van der Waals surface area contributed by atoms with E-state index in [0.29, 0.717) is 45.5 Å². The van der Waals surface area contributed by atoms with Crippen LogP contribution in [0, 0.1) is 6.92 Å². The number of fused-ring (bicyclic) bond motifs is 1. The highest BCUT2D eigenvalue weighted by atomic mass is 35.5. The number of rotatable bonds is 10. The van der Waals surface area contributed by atoms with Gasteiger partial charge in [0.15, 0.2) is 0 Å². The Balaban J connectivity index is 1.31. The molecule has 6 rings (SSSR count). The number of hydrogen-bond acceptors (Lipinski definition) is 7. The average molecular weight is 623 g/mol. The zero-order chi connectivity index (χ0) is 30.5. The van der Waals surface area contributed by atoms with Gasteiger partial charge in [0.2, 0.25) is 11.1 Å². The molecule has 0 fully saturated rings. The van der Waals surface area contributed by atoms with E-state index in [4.69, 9.17) is 31.2 Å². The second kappa shape index (κ2) is 13.4. The smallest absolute Gasteiger partial charge is 0.338 e. The number of anilines is 1. The van der Waals surface area contributed by atoms with Gasteiger partial charge in [-0.25, -0.2) is 9.48 Å². The molecule has 0 amide bonds. The molecule has 9 heteroatoms. The van der Waals surface area contributed by atoms with E-state index in [-0.39, 0.29) is 6.61 Å². The van der Waals surface area contributed by atoms with Crippen molar-refractivity contribution >= 4 is 35.3 Å². The van der Waals surface area contributed by atoms with Gasteiger partial charge >= 0.3 is 5.97 Å². The predicted octanol–water partition coefficient (Wildman–Crippen LogP) is 8.14. The Morgan fingerprint density at radius 1 is 0.909 bits per heavy atom. The normalized spacial score (nSPS) is 14.1. The molecule has 1 aromatic heterocycles. The lowest BCUT2D eigenvalue weighted by Gasteiger charge is -2.28. The van der Waals surface area contributed by atoms with Crippen molar-refractivity contribution in [1.29, 1.82) is 0 Å². The third-order valence-electron chi connectivity index (χ3n) is 7.41. The van der Waals surface area contributed by atoms with Crippen molar-refractivity contribution in [3.05, 3.63) is 147 Å². The van der Waals surface area contributed by atoms with Gasteiger partial charge in [-0.3, -0.25) is 0 Å². The maximum atomic E-state index is 13.7. The average Bonchev–Trinajstić information content (AvgIpc) is 3.45. The summed E-state index contributed by atoms with van der Waals surface area (Å²) < 4.78 is 13.8. The van der Waals surface area contributed by atoms with Gasteiger partial charge in [-0.15, -0.1) is 5.10 Å². The Morgan fingerprint density at radius 3 is 2.45 bits per heavy atom. The van der Waals surface area contributed by atoms with E-state index in [1.165, 1.54) is 11.8 Å². The Labute approximate surface area is 265 Å². The molecule has 1 N–H and O–H groups in total. The largest absolute Gasteiger partial charge is 0.489 e. The monoisotopic (exact) mass is 622 g/mol. The first kappa shape index (κ1) is 29.5. The fourth-order valence-corrected chi connectivity index (χ4v) is 6.15. The fourth-order valence-electron chi connectivity index (χ4n) is 5.03. The zero-order valence-electron chi connectivity index (χ0n) is 24.4. The number of hydrogen-bond donors (Lipinski definition) is 1. The van der Waals surface area contributed by atoms with Crippen molar-refractivity contribution in [2.45, 2.75) is 44.0 Å². The molecule has 1 aliphatic rings. The van der Waals surface area contributed by atoms with E-state index < -0.39 is 12.0 Å². The summed E-state index contributed by atoms with van der Waals surface area (Å²) >= 11 is 7.87. The molecule has 1 atom stereocenters. The second-order valence-electron chi connectivity index (χ2n) is 10.5. The minimum atomic E-state index is -0.585. The quantitative estimate of drug-likeness (QED) is 0.124. The maximum Gasteiger partial charge on any atom is 0.338 e. The summed E-state index contributed by atoms with van der Waals surface area (Å²) in [6.07, 6.45) is 0. The van der Waals surface area contributed by atoms with Crippen LogP contribution in [0.4, 0.5) is 5.95 Å². The molecule has 4 aromatic carbocycles. The molecule has 0 aliphatic carbocycles. The van der Waals surface area contributed by atoms with Crippen LogP contribution in [0.1, 0.15) is 40.8 Å². The fraction of sp³-hybridized carbons (Fsp3) is 0.171. The molecule has 2 heterocycles. The first-order valence-electron chi connectivity index (χ1n) is 14.2. The van der Waals surface area contributed by atoms with Gasteiger partial charge in [0.1, 0.15) is 25.0 Å². The molecule has 222 valence electrons. The van der Waals surface area contributed by atoms with Crippen LogP contribution >= 0.6 is 23.4 Å². The number of carbonyl (C=O) groups is 1. The predicted molar refractivity (Wildman–Crippen MR) is 174 cm³/mol. The van der Waals surface area contributed by atoms with Gasteiger partial charge in [-0.05, 0) is 59.9 Å². The van der Waals surface area contributed by atoms with Crippen molar-refractivity contribution in [3.63, 3.8) is 0 Å². The molecule has 1 aliphatic heterocycles. The highest BCUT2D eigenvalue weighted by Gasteiger charge is 2.35. The molecule has 5 aromatic rings. The number of allylic oxidation sites excluding steroid dienone is 1. The lowest BCUT2D eigenvalue weighted by atomic mass is 9.95. The van der Waals surface area contributed by atoms with E-state index in [1.807, 2.05) is 97.9 Å². The summed E-state index contributed by atoms with van der Waals surface area (Å²) in [7, 11) is 0. The van der Waals surface area contributed by atoms with Crippen LogP contribution in [0.25, 0.3) is 0 Å². The van der Waals surface area contributed by atoms with Crippen LogP contribution in [0.3, 0.4) is 0 Å². The number of benzene rings is 4. The zero-order valence-corrected chi connectivity index (χ0v) is 25.9. The maximum absolute atomic E-state index is 13.7. The van der Waals surface area contributed by atoms with Crippen molar-refractivity contribution < 1.29 is 14.3 Å². The molecular weight excluding hydrogens is 592 g/mol. The molecule has 7 nitrogen and oxygen atoms in total. The number of ether oxygens (including phenoxy) is 2. The number of halogens is 1. The van der Waals surface area contributed by atoms with Gasteiger partial charge in [0.05, 0.1) is 5.57 Å². The van der Waals surface area contributed by atoms with Crippen LogP contribution in [0.15, 0.2) is 120 Å². The Morgan fingerprint density at radius 2 is 1.66 bits per heavy atom. The summed E-state index contributed by atoms with van der Waals surface area (Å²) in [6, 6.07) is 32.7. The van der Waals surface area contributed by atoms with Crippen LogP contribution in [0.5, 0.6) is 5.75 Å². The van der Waals surface area contributed by atoms with Crippen molar-refractivity contribution in [2.24, 2.45) is 0 Å². The molecule has 0 bridgehead atoms. The second-order valence-corrected chi connectivity index (χ2v) is 11.8. The molecular formula is C35H31ClN4O3S. The van der Waals surface area contributed by atoms with E-state index in [9.17, 15) is 4.79 Å². The number of carbonyl (C=O) groups excluding carboxylic acids is 1. The number of aryl methyl sites for hydroxylation is 1. The first-order valence-corrected chi connectivity index (χ1v) is 15.6. The summed E-state index contributed by atoms with van der Waals surface area (Å²) in [4.78, 5) is 18.5. The molecule has 1 unspecified atom stereocenters. The number of aromatic nitrogens is 3. The van der Waals surface area contributed by atoms with Crippen molar-refractivity contribution in [1.82, 2.24) is 14.8 Å². The highest BCUT2D eigenvalue weighted by Crippen LogP contribution is 2.38. The first-order chi connectivity index (χ1) is 21.5. The number of nitrogens with zero attached hydrogens (tertiary/aromatic N) is 3. The lowest BCUT2D eigenvalue weighted by molar-refractivity contribution is -0.140. The molecule has 0 saturated heterocycles. The van der Waals surface area contributed by atoms with Crippen molar-refractivity contribution in [3.8, 4) is 5.75 Å². The van der Waals surface area contributed by atoms with Gasteiger partial charge in [0.25, 0.3) is 0 Å². The van der Waals surface area contributed by atoms with Gasteiger partial charge in [0, 0.05) is 16.5 Å². The van der Waals surface area contributed by atoms with Crippen molar-refractivity contribution in [2.75, 3.05) is 5.32 Å². The van der Waals surface area contributed by atoms with Crippen LogP contribution < -0.4 is 10.1 Å².